The number of rotatable bonds is 1. The first-order chi connectivity index (χ1) is 6.80. The summed E-state index contributed by atoms with van der Waals surface area (Å²) in [5, 5.41) is 10.3. The lowest BCUT2D eigenvalue weighted by molar-refractivity contribution is -0.137. The minimum Gasteiger partial charge on any atom is -0.465 e. The fraction of sp³-hybridized carbons (Fsp3) is 0.125. The molecule has 0 aliphatic rings. The van der Waals surface area contributed by atoms with Gasteiger partial charge in [0.05, 0.1) is 11.3 Å². The lowest BCUT2D eigenvalue weighted by Crippen LogP contribution is -2.09. The molecule has 0 aliphatic heterocycles. The van der Waals surface area contributed by atoms with Crippen molar-refractivity contribution in [3.63, 3.8) is 0 Å². The highest BCUT2D eigenvalue weighted by Crippen LogP contribution is 2.33. The number of amides is 1. The van der Waals surface area contributed by atoms with Gasteiger partial charge in [0.1, 0.15) is 0 Å². The number of benzene rings is 1. The number of hydrogen-bond donors (Lipinski definition) is 2. The minimum absolute atomic E-state index is 0.0414. The van der Waals surface area contributed by atoms with E-state index < -0.39 is 17.8 Å². The Kier molecular flexibility index (Phi) is 3.23. The van der Waals surface area contributed by atoms with Gasteiger partial charge in [-0.3, -0.25) is 5.32 Å². The summed E-state index contributed by atoms with van der Waals surface area (Å²) in [4.78, 5) is 10.2. The molecule has 0 fully saturated rings. The zero-order valence-electron chi connectivity index (χ0n) is 7.10. The second kappa shape index (κ2) is 4.09. The van der Waals surface area contributed by atoms with E-state index in [1.165, 1.54) is 0 Å². The van der Waals surface area contributed by atoms with Gasteiger partial charge in [-0.2, -0.15) is 13.2 Å². The Morgan fingerprint density at radius 2 is 2.00 bits per heavy atom. The van der Waals surface area contributed by atoms with Crippen LogP contribution < -0.4 is 5.32 Å². The molecule has 82 valence electrons. The van der Waals surface area contributed by atoms with Gasteiger partial charge in [-0.05, 0) is 34.1 Å². The molecule has 1 aromatic carbocycles. The Morgan fingerprint density at radius 3 is 2.40 bits per heavy atom. The molecule has 1 aromatic rings. The SMILES string of the molecule is O=C(O)Nc1ccc(C(F)(F)F)cc1Br. The van der Waals surface area contributed by atoms with Crippen molar-refractivity contribution in [3.8, 4) is 0 Å². The third-order valence-corrected chi connectivity index (χ3v) is 2.19. The maximum Gasteiger partial charge on any atom is 0.416 e. The van der Waals surface area contributed by atoms with Crippen LogP contribution in [0.15, 0.2) is 22.7 Å². The van der Waals surface area contributed by atoms with E-state index >= 15 is 0 Å². The van der Waals surface area contributed by atoms with Gasteiger partial charge in [0, 0.05) is 4.47 Å². The van der Waals surface area contributed by atoms with Crippen molar-refractivity contribution < 1.29 is 23.1 Å². The minimum atomic E-state index is -4.44. The number of halogens is 4. The molecule has 0 aromatic heterocycles. The van der Waals surface area contributed by atoms with Crippen molar-refractivity contribution in [1.29, 1.82) is 0 Å². The highest BCUT2D eigenvalue weighted by Gasteiger charge is 2.30. The molecule has 15 heavy (non-hydrogen) atoms. The maximum absolute atomic E-state index is 12.2. The first kappa shape index (κ1) is 11.8. The second-order valence-corrected chi connectivity index (χ2v) is 3.48. The Balaban J connectivity index is 3.03. The van der Waals surface area contributed by atoms with Gasteiger partial charge in [0.15, 0.2) is 0 Å². The summed E-state index contributed by atoms with van der Waals surface area (Å²) in [6.07, 6.45) is -5.78. The fourth-order valence-corrected chi connectivity index (χ4v) is 1.39. The van der Waals surface area contributed by atoms with Crippen molar-refractivity contribution in [1.82, 2.24) is 0 Å². The van der Waals surface area contributed by atoms with Gasteiger partial charge in [0.25, 0.3) is 0 Å². The van der Waals surface area contributed by atoms with Crippen molar-refractivity contribution in [2.75, 3.05) is 5.32 Å². The first-order valence-corrected chi connectivity index (χ1v) is 4.46. The van der Waals surface area contributed by atoms with Crippen LogP contribution in [-0.2, 0) is 6.18 Å². The predicted octanol–water partition coefficient (Wildman–Crippen LogP) is 3.56. The molecule has 0 atom stereocenters. The quantitative estimate of drug-likeness (QED) is 0.828. The van der Waals surface area contributed by atoms with Crippen LogP contribution in [0.5, 0.6) is 0 Å². The van der Waals surface area contributed by atoms with Gasteiger partial charge in [-0.1, -0.05) is 0 Å². The number of hydrogen-bond acceptors (Lipinski definition) is 1. The fourth-order valence-electron chi connectivity index (χ4n) is 0.908. The molecule has 3 nitrogen and oxygen atoms in total. The van der Waals surface area contributed by atoms with Crippen LogP contribution in [0.2, 0.25) is 0 Å². The summed E-state index contributed by atoms with van der Waals surface area (Å²) < 4.78 is 36.7. The number of carbonyl (C=O) groups is 1. The number of carboxylic acid groups (broad SMARTS) is 1. The smallest absolute Gasteiger partial charge is 0.416 e. The Bertz CT molecular complexity index is 392. The predicted molar refractivity (Wildman–Crippen MR) is 50.8 cm³/mol. The molecule has 0 radical (unpaired) electrons. The molecule has 0 saturated heterocycles. The molecule has 7 heteroatoms. The average Bonchev–Trinajstić information content (AvgIpc) is 2.05. The van der Waals surface area contributed by atoms with Gasteiger partial charge in [-0.25, -0.2) is 4.79 Å². The van der Waals surface area contributed by atoms with Crippen LogP contribution in [0.1, 0.15) is 5.56 Å². The van der Waals surface area contributed by atoms with E-state index in [0.717, 1.165) is 18.2 Å². The lowest BCUT2D eigenvalue weighted by atomic mass is 10.2. The third kappa shape index (κ3) is 3.12. The molecule has 0 aliphatic carbocycles. The van der Waals surface area contributed by atoms with Crippen LogP contribution in [0.3, 0.4) is 0 Å². The number of alkyl halides is 3. The van der Waals surface area contributed by atoms with E-state index in [0.29, 0.717) is 0 Å². The standard InChI is InChI=1S/C8H5BrF3NO2/c9-5-3-4(8(10,11)12)1-2-6(5)13-7(14)15/h1-3,13H,(H,14,15). The van der Waals surface area contributed by atoms with Gasteiger partial charge in [0.2, 0.25) is 0 Å². The molecule has 1 amide bonds. The summed E-state index contributed by atoms with van der Waals surface area (Å²) in [7, 11) is 0. The first-order valence-electron chi connectivity index (χ1n) is 3.67. The van der Waals surface area contributed by atoms with Gasteiger partial charge in [-0.15, -0.1) is 0 Å². The number of nitrogens with one attached hydrogen (secondary N) is 1. The van der Waals surface area contributed by atoms with Crippen LogP contribution >= 0.6 is 15.9 Å². The summed E-state index contributed by atoms with van der Waals surface area (Å²) in [5.41, 5.74) is -0.777. The molecular formula is C8H5BrF3NO2. The van der Waals surface area contributed by atoms with E-state index in [1.807, 2.05) is 5.32 Å². The summed E-state index contributed by atoms with van der Waals surface area (Å²) in [5.74, 6) is 0. The molecule has 0 unspecified atom stereocenters. The van der Waals surface area contributed by atoms with Crippen LogP contribution in [0.25, 0.3) is 0 Å². The highest BCUT2D eigenvalue weighted by molar-refractivity contribution is 9.10. The highest BCUT2D eigenvalue weighted by atomic mass is 79.9. The largest absolute Gasteiger partial charge is 0.465 e. The topological polar surface area (TPSA) is 49.3 Å². The van der Waals surface area contributed by atoms with Gasteiger partial charge >= 0.3 is 12.3 Å². The summed E-state index contributed by atoms with van der Waals surface area (Å²) in [6.45, 7) is 0. The Hall–Kier alpha value is -1.24. The molecule has 0 saturated carbocycles. The van der Waals surface area contributed by atoms with Crippen molar-refractivity contribution >= 4 is 27.7 Å². The maximum atomic E-state index is 12.2. The Morgan fingerprint density at radius 1 is 1.40 bits per heavy atom. The van der Waals surface area contributed by atoms with E-state index in [2.05, 4.69) is 15.9 Å². The van der Waals surface area contributed by atoms with E-state index in [-0.39, 0.29) is 10.2 Å². The van der Waals surface area contributed by atoms with E-state index in [9.17, 15) is 18.0 Å². The van der Waals surface area contributed by atoms with Gasteiger partial charge < -0.3 is 5.11 Å². The average molecular weight is 284 g/mol. The van der Waals surface area contributed by atoms with Crippen LogP contribution in [-0.4, -0.2) is 11.2 Å². The van der Waals surface area contributed by atoms with Crippen molar-refractivity contribution in [2.24, 2.45) is 0 Å². The molecule has 0 bridgehead atoms. The zero-order valence-corrected chi connectivity index (χ0v) is 8.69. The molecule has 0 heterocycles. The van der Waals surface area contributed by atoms with E-state index in [4.69, 9.17) is 5.11 Å². The van der Waals surface area contributed by atoms with Crippen molar-refractivity contribution in [2.45, 2.75) is 6.18 Å². The number of anilines is 1. The van der Waals surface area contributed by atoms with Crippen molar-refractivity contribution in [3.05, 3.63) is 28.2 Å². The monoisotopic (exact) mass is 283 g/mol. The van der Waals surface area contributed by atoms with E-state index in [1.54, 1.807) is 0 Å². The second-order valence-electron chi connectivity index (χ2n) is 2.62. The summed E-state index contributed by atoms with van der Waals surface area (Å²) >= 11 is 2.84. The van der Waals surface area contributed by atoms with Crippen LogP contribution in [0.4, 0.5) is 23.7 Å². The third-order valence-electron chi connectivity index (χ3n) is 1.54. The lowest BCUT2D eigenvalue weighted by Gasteiger charge is -2.09. The summed E-state index contributed by atoms with van der Waals surface area (Å²) in [6, 6.07) is 2.66. The zero-order chi connectivity index (χ0) is 11.6. The molecule has 0 spiro atoms. The normalized spacial score (nSPS) is 11.2. The molecular weight excluding hydrogens is 279 g/mol. The molecule has 2 N–H and O–H groups in total. The molecule has 1 rings (SSSR count). The van der Waals surface area contributed by atoms with Crippen LogP contribution in [0, 0.1) is 0 Å². The Labute approximate surface area is 91.0 Å².